The second-order valence-corrected chi connectivity index (χ2v) is 11.2. The molecule has 0 N–H and O–H groups in total. The average Bonchev–Trinajstić information content (AvgIpc) is 2.24. The number of rotatable bonds is 9. The zero-order valence-corrected chi connectivity index (χ0v) is 16.0. The molecule has 0 bridgehead atoms. The fourth-order valence-electron chi connectivity index (χ4n) is 3.30. The molecule has 0 saturated carbocycles. The van der Waals surface area contributed by atoms with E-state index in [1.807, 2.05) is 6.92 Å². The predicted molar refractivity (Wildman–Crippen MR) is 93.3 cm³/mol. The summed E-state index contributed by atoms with van der Waals surface area (Å²) in [4.78, 5) is 0. The molecule has 0 fully saturated rings. The van der Waals surface area contributed by atoms with Crippen molar-refractivity contribution in [1.82, 2.24) is 0 Å². The van der Waals surface area contributed by atoms with Crippen LogP contribution >= 0.6 is 0 Å². The van der Waals surface area contributed by atoms with Gasteiger partial charge in [0.2, 0.25) is 0 Å². The lowest BCUT2D eigenvalue weighted by Crippen LogP contribution is -2.44. The summed E-state index contributed by atoms with van der Waals surface area (Å²) in [7, 11) is -1.71. The normalized spacial score (nSPS) is 13.8. The third kappa shape index (κ3) is 8.12. The standard InChI is InChI=1S/C18H36OSi/c1-9-11-18(10-2)19-20(12-15(3)4,13-16(5)6)14-17(7)8/h15-18H,10,12-14H2,1-8H3. The van der Waals surface area contributed by atoms with Crippen molar-refractivity contribution in [1.29, 1.82) is 0 Å². The highest BCUT2D eigenvalue weighted by Gasteiger charge is 2.38. The molecule has 0 radical (unpaired) electrons. The maximum absolute atomic E-state index is 6.73. The summed E-state index contributed by atoms with van der Waals surface area (Å²) in [6, 6.07) is 3.81. The maximum Gasteiger partial charge on any atom is 0.195 e. The van der Waals surface area contributed by atoms with Gasteiger partial charge in [0.1, 0.15) is 6.10 Å². The van der Waals surface area contributed by atoms with Crippen LogP contribution < -0.4 is 0 Å². The fraction of sp³-hybridized carbons (Fsp3) is 0.889. The van der Waals surface area contributed by atoms with Crippen LogP contribution in [0.1, 0.15) is 61.8 Å². The summed E-state index contributed by atoms with van der Waals surface area (Å²) in [6.07, 6.45) is 1.15. The van der Waals surface area contributed by atoms with E-state index in [0.717, 1.165) is 6.42 Å². The lowest BCUT2D eigenvalue weighted by molar-refractivity contribution is 0.227. The minimum atomic E-state index is -1.71. The maximum atomic E-state index is 6.73. The highest BCUT2D eigenvalue weighted by atomic mass is 28.4. The number of hydrogen-bond donors (Lipinski definition) is 0. The van der Waals surface area contributed by atoms with Crippen molar-refractivity contribution in [3.63, 3.8) is 0 Å². The van der Waals surface area contributed by atoms with Gasteiger partial charge in [-0.3, -0.25) is 0 Å². The van der Waals surface area contributed by atoms with Crippen LogP contribution in [-0.4, -0.2) is 14.4 Å². The van der Waals surface area contributed by atoms with Gasteiger partial charge in [-0.05, 0) is 49.2 Å². The van der Waals surface area contributed by atoms with Gasteiger partial charge in [0.25, 0.3) is 0 Å². The molecule has 20 heavy (non-hydrogen) atoms. The van der Waals surface area contributed by atoms with Crippen molar-refractivity contribution in [2.45, 2.75) is 86.0 Å². The summed E-state index contributed by atoms with van der Waals surface area (Å²) >= 11 is 0. The first-order chi connectivity index (χ1) is 9.24. The molecular weight excluding hydrogens is 260 g/mol. The number of hydrogen-bond acceptors (Lipinski definition) is 1. The minimum Gasteiger partial charge on any atom is -0.403 e. The van der Waals surface area contributed by atoms with Gasteiger partial charge in [0.05, 0.1) is 0 Å². The molecule has 1 atom stereocenters. The van der Waals surface area contributed by atoms with Crippen molar-refractivity contribution in [2.24, 2.45) is 17.8 Å². The van der Waals surface area contributed by atoms with E-state index in [2.05, 4.69) is 60.3 Å². The molecule has 1 nitrogen and oxygen atoms in total. The van der Waals surface area contributed by atoms with E-state index in [0.29, 0.717) is 17.8 Å². The molecule has 0 amide bonds. The van der Waals surface area contributed by atoms with E-state index in [-0.39, 0.29) is 6.10 Å². The zero-order valence-electron chi connectivity index (χ0n) is 15.0. The van der Waals surface area contributed by atoms with E-state index < -0.39 is 8.32 Å². The summed E-state index contributed by atoms with van der Waals surface area (Å²) in [5.41, 5.74) is 0. The third-order valence-corrected chi connectivity index (χ3v) is 8.88. The highest BCUT2D eigenvalue weighted by molar-refractivity contribution is 6.74. The molecule has 1 unspecified atom stereocenters. The van der Waals surface area contributed by atoms with Gasteiger partial charge in [-0.2, -0.15) is 0 Å². The van der Waals surface area contributed by atoms with E-state index in [9.17, 15) is 0 Å². The van der Waals surface area contributed by atoms with E-state index in [1.165, 1.54) is 18.1 Å². The molecule has 2 heteroatoms. The van der Waals surface area contributed by atoms with Gasteiger partial charge in [-0.1, -0.05) is 54.4 Å². The Morgan fingerprint density at radius 3 is 1.50 bits per heavy atom. The van der Waals surface area contributed by atoms with E-state index in [4.69, 9.17) is 4.43 Å². The molecule has 0 heterocycles. The Morgan fingerprint density at radius 1 is 0.850 bits per heavy atom. The summed E-state index contributed by atoms with van der Waals surface area (Å²) in [5.74, 6) is 8.46. The third-order valence-electron chi connectivity index (χ3n) is 3.41. The molecule has 0 saturated heterocycles. The first-order valence-corrected chi connectivity index (χ1v) is 10.9. The monoisotopic (exact) mass is 296 g/mol. The average molecular weight is 297 g/mol. The Bertz CT molecular complexity index is 283. The second kappa shape index (κ2) is 9.63. The van der Waals surface area contributed by atoms with Gasteiger partial charge < -0.3 is 4.43 Å². The molecule has 0 aliphatic heterocycles. The zero-order chi connectivity index (χ0) is 15.8. The van der Waals surface area contributed by atoms with Crippen LogP contribution in [0.2, 0.25) is 18.1 Å². The fourth-order valence-corrected chi connectivity index (χ4v) is 9.39. The predicted octanol–water partition coefficient (Wildman–Crippen LogP) is 5.72. The largest absolute Gasteiger partial charge is 0.403 e. The van der Waals surface area contributed by atoms with Gasteiger partial charge in [-0.15, -0.1) is 5.92 Å². The lowest BCUT2D eigenvalue weighted by Gasteiger charge is -2.37. The molecule has 0 rings (SSSR count). The molecule has 0 aliphatic rings. The molecule has 0 aromatic rings. The van der Waals surface area contributed by atoms with Crippen molar-refractivity contribution in [3.8, 4) is 11.8 Å². The van der Waals surface area contributed by atoms with Gasteiger partial charge in [-0.25, -0.2) is 0 Å². The first-order valence-electron chi connectivity index (χ1n) is 8.34. The van der Waals surface area contributed by atoms with Crippen molar-refractivity contribution in [3.05, 3.63) is 0 Å². The second-order valence-electron chi connectivity index (χ2n) is 7.39. The topological polar surface area (TPSA) is 9.23 Å². The van der Waals surface area contributed by atoms with Crippen LogP contribution in [0.3, 0.4) is 0 Å². The summed E-state index contributed by atoms with van der Waals surface area (Å²) in [5, 5.41) is 0. The van der Waals surface area contributed by atoms with Crippen molar-refractivity contribution in [2.75, 3.05) is 0 Å². The van der Waals surface area contributed by atoms with Crippen molar-refractivity contribution < 1.29 is 4.43 Å². The van der Waals surface area contributed by atoms with Gasteiger partial charge in [0, 0.05) is 0 Å². The Kier molecular flexibility index (Phi) is 9.51. The molecule has 0 aromatic carbocycles. The van der Waals surface area contributed by atoms with Crippen LogP contribution in [0.4, 0.5) is 0 Å². The SMILES string of the molecule is CC#CC(CC)O[Si](CC(C)C)(CC(C)C)CC(C)C. The van der Waals surface area contributed by atoms with E-state index >= 15 is 0 Å². The summed E-state index contributed by atoms with van der Waals surface area (Å²) < 4.78 is 6.73. The van der Waals surface area contributed by atoms with Crippen LogP contribution in [-0.2, 0) is 4.43 Å². The quantitative estimate of drug-likeness (QED) is 0.390. The molecule has 0 aromatic heterocycles. The molecule has 118 valence electrons. The van der Waals surface area contributed by atoms with Crippen LogP contribution in [0.25, 0.3) is 0 Å². The smallest absolute Gasteiger partial charge is 0.195 e. The molecular formula is C18H36OSi. The highest BCUT2D eigenvalue weighted by Crippen LogP contribution is 2.34. The van der Waals surface area contributed by atoms with Crippen molar-refractivity contribution >= 4 is 8.32 Å². The van der Waals surface area contributed by atoms with Crippen LogP contribution in [0.15, 0.2) is 0 Å². The van der Waals surface area contributed by atoms with Crippen LogP contribution in [0, 0.1) is 29.6 Å². The Morgan fingerprint density at radius 2 is 1.25 bits per heavy atom. The molecule has 0 spiro atoms. The Balaban J connectivity index is 5.25. The van der Waals surface area contributed by atoms with E-state index in [1.54, 1.807) is 0 Å². The van der Waals surface area contributed by atoms with Gasteiger partial charge in [0.15, 0.2) is 8.32 Å². The Hall–Kier alpha value is -0.263. The minimum absolute atomic E-state index is 0.142. The lowest BCUT2D eigenvalue weighted by atomic mass is 10.2. The van der Waals surface area contributed by atoms with Crippen LogP contribution in [0.5, 0.6) is 0 Å². The molecule has 0 aliphatic carbocycles. The Labute approximate surface area is 129 Å². The summed E-state index contributed by atoms with van der Waals surface area (Å²) in [6.45, 7) is 18.1. The van der Waals surface area contributed by atoms with Gasteiger partial charge >= 0.3 is 0 Å². The first kappa shape index (κ1) is 19.7.